The third-order valence-corrected chi connectivity index (χ3v) is 2.99. The van der Waals surface area contributed by atoms with Crippen LogP contribution in [0.4, 0.5) is 0 Å². The van der Waals surface area contributed by atoms with Gasteiger partial charge >= 0.3 is 0 Å². The molecule has 0 saturated carbocycles. The van der Waals surface area contributed by atoms with Gasteiger partial charge in [-0.15, -0.1) is 0 Å². The molecular formula is C14H19N3O. The Hall–Kier alpha value is -1.65. The van der Waals surface area contributed by atoms with E-state index >= 15 is 0 Å². The van der Waals surface area contributed by atoms with Crippen molar-refractivity contribution < 1.29 is 4.42 Å². The molecule has 0 saturated heterocycles. The Bertz CT molecular complexity index is 453. The molecule has 0 aliphatic rings. The summed E-state index contributed by atoms with van der Waals surface area (Å²) < 4.78 is 5.48. The highest BCUT2D eigenvalue weighted by Crippen LogP contribution is 2.24. The van der Waals surface area contributed by atoms with Crippen LogP contribution in [0.3, 0.4) is 0 Å². The van der Waals surface area contributed by atoms with Gasteiger partial charge in [0.05, 0.1) is 12.3 Å². The van der Waals surface area contributed by atoms with Gasteiger partial charge in [0, 0.05) is 25.0 Å². The lowest BCUT2D eigenvalue weighted by atomic mass is 10.1. The van der Waals surface area contributed by atoms with E-state index < -0.39 is 0 Å². The van der Waals surface area contributed by atoms with Gasteiger partial charge in [0.2, 0.25) is 0 Å². The number of hydrogen-bond donors (Lipinski definition) is 1. The second-order valence-electron chi connectivity index (χ2n) is 4.59. The van der Waals surface area contributed by atoms with Crippen LogP contribution in [0.25, 0.3) is 0 Å². The highest BCUT2D eigenvalue weighted by Gasteiger charge is 2.23. The molecule has 4 nitrogen and oxygen atoms in total. The first-order valence-corrected chi connectivity index (χ1v) is 6.06. The first-order chi connectivity index (χ1) is 8.68. The van der Waals surface area contributed by atoms with Crippen molar-refractivity contribution in [2.24, 2.45) is 5.73 Å². The Morgan fingerprint density at radius 3 is 2.61 bits per heavy atom. The van der Waals surface area contributed by atoms with Crippen LogP contribution in [-0.2, 0) is 6.54 Å². The molecule has 2 heterocycles. The molecular weight excluding hydrogens is 226 g/mol. The summed E-state index contributed by atoms with van der Waals surface area (Å²) in [5.41, 5.74) is 7.28. The Morgan fingerprint density at radius 1 is 1.33 bits per heavy atom. The quantitative estimate of drug-likeness (QED) is 0.877. The number of nitrogens with two attached hydrogens (primary N) is 1. The summed E-state index contributed by atoms with van der Waals surface area (Å²) in [7, 11) is 2.05. The molecule has 0 fully saturated rings. The molecule has 2 unspecified atom stereocenters. The molecule has 2 rings (SSSR count). The van der Waals surface area contributed by atoms with E-state index in [1.54, 1.807) is 18.7 Å². The average Bonchev–Trinajstić information content (AvgIpc) is 2.83. The number of hydrogen-bond acceptors (Lipinski definition) is 4. The highest BCUT2D eigenvalue weighted by atomic mass is 16.3. The first kappa shape index (κ1) is 12.8. The van der Waals surface area contributed by atoms with Crippen molar-refractivity contribution in [2.75, 3.05) is 7.05 Å². The number of furan rings is 1. The van der Waals surface area contributed by atoms with Crippen LogP contribution >= 0.6 is 0 Å². The molecule has 0 radical (unpaired) electrons. The third kappa shape index (κ3) is 2.97. The van der Waals surface area contributed by atoms with Gasteiger partial charge in [-0.1, -0.05) is 0 Å². The Balaban J connectivity index is 2.12. The average molecular weight is 245 g/mol. The second kappa shape index (κ2) is 5.80. The van der Waals surface area contributed by atoms with Crippen LogP contribution in [0.5, 0.6) is 0 Å². The number of rotatable bonds is 5. The van der Waals surface area contributed by atoms with E-state index in [0.717, 1.165) is 12.3 Å². The van der Waals surface area contributed by atoms with E-state index in [9.17, 15) is 0 Å². The molecule has 2 aromatic heterocycles. The molecule has 0 bridgehead atoms. The molecule has 2 atom stereocenters. The van der Waals surface area contributed by atoms with Crippen molar-refractivity contribution in [2.45, 2.75) is 25.6 Å². The van der Waals surface area contributed by atoms with Gasteiger partial charge in [-0.3, -0.25) is 9.88 Å². The summed E-state index contributed by atoms with van der Waals surface area (Å²) in [5.74, 6) is 0.904. The van der Waals surface area contributed by atoms with Gasteiger partial charge in [0.15, 0.2) is 0 Å². The minimum Gasteiger partial charge on any atom is -0.468 e. The molecule has 0 aliphatic carbocycles. The summed E-state index contributed by atoms with van der Waals surface area (Å²) in [5, 5.41) is 0. The summed E-state index contributed by atoms with van der Waals surface area (Å²) in [4.78, 5) is 6.21. The smallest absolute Gasteiger partial charge is 0.122 e. The highest BCUT2D eigenvalue weighted by molar-refractivity contribution is 5.12. The van der Waals surface area contributed by atoms with Crippen LogP contribution in [-0.4, -0.2) is 23.0 Å². The van der Waals surface area contributed by atoms with E-state index in [-0.39, 0.29) is 12.1 Å². The minimum atomic E-state index is 0.00277. The van der Waals surface area contributed by atoms with Crippen molar-refractivity contribution in [3.8, 4) is 0 Å². The summed E-state index contributed by atoms with van der Waals surface area (Å²) >= 11 is 0. The van der Waals surface area contributed by atoms with Crippen LogP contribution < -0.4 is 5.73 Å². The summed E-state index contributed by atoms with van der Waals surface area (Å²) in [6.07, 6.45) is 5.29. The maximum absolute atomic E-state index is 6.07. The van der Waals surface area contributed by atoms with Gasteiger partial charge in [-0.05, 0) is 43.8 Å². The van der Waals surface area contributed by atoms with Gasteiger partial charge in [-0.2, -0.15) is 0 Å². The number of nitrogens with zero attached hydrogens (tertiary/aromatic N) is 2. The van der Waals surface area contributed by atoms with E-state index in [1.807, 2.05) is 31.2 Å². The Kier molecular flexibility index (Phi) is 4.12. The largest absolute Gasteiger partial charge is 0.468 e. The molecule has 2 aromatic rings. The van der Waals surface area contributed by atoms with E-state index in [2.05, 4.69) is 16.9 Å². The zero-order valence-corrected chi connectivity index (χ0v) is 10.8. The fourth-order valence-corrected chi connectivity index (χ4v) is 2.21. The molecule has 18 heavy (non-hydrogen) atoms. The monoisotopic (exact) mass is 245 g/mol. The van der Waals surface area contributed by atoms with Crippen LogP contribution in [0.1, 0.15) is 24.3 Å². The van der Waals surface area contributed by atoms with Crippen molar-refractivity contribution in [3.05, 3.63) is 54.2 Å². The predicted octanol–water partition coefficient (Wildman–Crippen LogP) is 2.19. The van der Waals surface area contributed by atoms with Crippen LogP contribution in [0.15, 0.2) is 47.3 Å². The molecule has 0 aliphatic heterocycles. The first-order valence-electron chi connectivity index (χ1n) is 6.06. The number of aromatic nitrogens is 1. The topological polar surface area (TPSA) is 55.3 Å². The third-order valence-electron chi connectivity index (χ3n) is 2.99. The minimum absolute atomic E-state index is 0.00277. The van der Waals surface area contributed by atoms with Crippen LogP contribution in [0, 0.1) is 0 Å². The summed E-state index contributed by atoms with van der Waals surface area (Å²) in [6, 6.07) is 7.96. The van der Waals surface area contributed by atoms with Gasteiger partial charge in [-0.25, -0.2) is 0 Å². The van der Waals surface area contributed by atoms with Crippen molar-refractivity contribution in [3.63, 3.8) is 0 Å². The fraction of sp³-hybridized carbons (Fsp3) is 0.357. The van der Waals surface area contributed by atoms with E-state index in [1.165, 1.54) is 5.56 Å². The van der Waals surface area contributed by atoms with Crippen LogP contribution in [0.2, 0.25) is 0 Å². The van der Waals surface area contributed by atoms with Gasteiger partial charge < -0.3 is 10.2 Å². The number of likely N-dealkylation sites (N-methyl/N-ethyl adjacent to an activating group) is 1. The lowest BCUT2D eigenvalue weighted by Gasteiger charge is -2.29. The predicted molar refractivity (Wildman–Crippen MR) is 70.8 cm³/mol. The number of pyridine rings is 1. The van der Waals surface area contributed by atoms with E-state index in [4.69, 9.17) is 10.2 Å². The van der Waals surface area contributed by atoms with Crippen molar-refractivity contribution in [1.82, 2.24) is 9.88 Å². The van der Waals surface area contributed by atoms with E-state index in [0.29, 0.717) is 0 Å². The lowest BCUT2D eigenvalue weighted by Crippen LogP contribution is -2.36. The molecule has 0 spiro atoms. The SMILES string of the molecule is CC(N)C(c1ccco1)N(C)Cc1ccncc1. The van der Waals surface area contributed by atoms with Gasteiger partial charge in [0.25, 0.3) is 0 Å². The molecule has 2 N–H and O–H groups in total. The Labute approximate surface area is 107 Å². The molecule has 0 aromatic carbocycles. The fourth-order valence-electron chi connectivity index (χ4n) is 2.21. The molecule has 4 heteroatoms. The maximum atomic E-state index is 6.07. The second-order valence-corrected chi connectivity index (χ2v) is 4.59. The maximum Gasteiger partial charge on any atom is 0.122 e. The zero-order valence-electron chi connectivity index (χ0n) is 10.8. The lowest BCUT2D eigenvalue weighted by molar-refractivity contribution is 0.184. The van der Waals surface area contributed by atoms with Gasteiger partial charge in [0.1, 0.15) is 5.76 Å². The Morgan fingerprint density at radius 2 is 2.06 bits per heavy atom. The molecule has 0 amide bonds. The molecule has 96 valence electrons. The van der Waals surface area contributed by atoms with Crippen molar-refractivity contribution >= 4 is 0 Å². The standard InChI is InChI=1S/C14H19N3O/c1-11(15)14(13-4-3-9-18-13)17(2)10-12-5-7-16-8-6-12/h3-9,11,14H,10,15H2,1-2H3. The summed E-state index contributed by atoms with van der Waals surface area (Å²) in [6.45, 7) is 2.81. The zero-order chi connectivity index (χ0) is 13.0. The normalized spacial score (nSPS) is 14.7. The van der Waals surface area contributed by atoms with Crippen molar-refractivity contribution in [1.29, 1.82) is 0 Å².